The van der Waals surface area contributed by atoms with Crippen LogP contribution in [0.3, 0.4) is 0 Å². The molecule has 3 aromatic rings. The lowest BCUT2D eigenvalue weighted by molar-refractivity contribution is 0.170. The normalized spacial score (nSPS) is 19.2. The number of halogens is 1. The molecule has 1 aliphatic heterocycles. The second kappa shape index (κ2) is 8.53. The van der Waals surface area contributed by atoms with Crippen molar-refractivity contribution in [1.29, 1.82) is 5.26 Å². The summed E-state index contributed by atoms with van der Waals surface area (Å²) >= 11 is 0. The van der Waals surface area contributed by atoms with Crippen molar-refractivity contribution < 1.29 is 4.39 Å². The van der Waals surface area contributed by atoms with Crippen LogP contribution in [0.15, 0.2) is 24.7 Å². The predicted molar refractivity (Wildman–Crippen MR) is 129 cm³/mol. The lowest BCUT2D eigenvalue weighted by Gasteiger charge is -2.46. The maximum absolute atomic E-state index is 15.1. The first-order valence-corrected chi connectivity index (χ1v) is 11.8. The Hall–Kier alpha value is -3.65. The molecule has 3 heterocycles. The highest BCUT2D eigenvalue weighted by Crippen LogP contribution is 2.44. The van der Waals surface area contributed by atoms with Crippen LogP contribution < -0.4 is 16.0 Å². The quantitative estimate of drug-likeness (QED) is 0.486. The van der Waals surface area contributed by atoms with E-state index in [4.69, 9.17) is 0 Å². The Bertz CT molecular complexity index is 1260. The van der Waals surface area contributed by atoms with Crippen molar-refractivity contribution in [2.24, 2.45) is 0 Å². The number of nitrogens with one attached hydrogen (secondary N) is 3. The number of rotatable bonds is 6. The highest BCUT2D eigenvalue weighted by atomic mass is 19.1. The summed E-state index contributed by atoms with van der Waals surface area (Å²) in [6, 6.07) is 5.52. The zero-order valence-electron chi connectivity index (χ0n) is 20.3. The molecule has 0 atom stereocenters. The Morgan fingerprint density at radius 1 is 1.17 bits per heavy atom. The van der Waals surface area contributed by atoms with Crippen molar-refractivity contribution in [3.63, 3.8) is 0 Å². The second-order valence-corrected chi connectivity index (χ2v) is 10.8. The maximum Gasteiger partial charge on any atom is 0.229 e. The minimum Gasteiger partial charge on any atom is -0.366 e. The number of anilines is 3. The monoisotopic (exact) mass is 476 g/mol. The summed E-state index contributed by atoms with van der Waals surface area (Å²) in [6.45, 7) is 8.68. The molecule has 3 N–H and O–H groups in total. The van der Waals surface area contributed by atoms with Gasteiger partial charge in [0.25, 0.3) is 0 Å². The first-order chi connectivity index (χ1) is 16.6. The number of nitriles is 1. The molecule has 0 unspecified atom stereocenters. The molecule has 2 aromatic heterocycles. The summed E-state index contributed by atoms with van der Waals surface area (Å²) in [6.07, 6.45) is 6.56. The van der Waals surface area contributed by atoms with Gasteiger partial charge in [-0.25, -0.2) is 14.1 Å². The lowest BCUT2D eigenvalue weighted by atomic mass is 9.79. The predicted octanol–water partition coefficient (Wildman–Crippen LogP) is 3.81. The number of tetrazole rings is 1. The van der Waals surface area contributed by atoms with E-state index >= 15 is 4.39 Å². The first-order valence-electron chi connectivity index (χ1n) is 11.8. The van der Waals surface area contributed by atoms with E-state index in [-0.39, 0.29) is 34.8 Å². The van der Waals surface area contributed by atoms with Crippen LogP contribution in [-0.4, -0.2) is 47.3 Å². The molecule has 2 fully saturated rings. The molecule has 0 spiro atoms. The molecule has 35 heavy (non-hydrogen) atoms. The number of hydrogen-bond donors (Lipinski definition) is 3. The zero-order chi connectivity index (χ0) is 24.8. The highest BCUT2D eigenvalue weighted by molar-refractivity contribution is 5.63. The molecular weight excluding hydrogens is 447 g/mol. The largest absolute Gasteiger partial charge is 0.366 e. The van der Waals surface area contributed by atoms with Gasteiger partial charge in [-0.3, -0.25) is 0 Å². The molecule has 0 radical (unpaired) electrons. The molecule has 182 valence electrons. The average molecular weight is 477 g/mol. The third-order valence-electron chi connectivity index (χ3n) is 6.39. The molecule has 5 rings (SSSR count). The molecule has 2 aliphatic rings. The average Bonchev–Trinajstić information content (AvgIpc) is 3.43. The van der Waals surface area contributed by atoms with Gasteiger partial charge in [-0.1, -0.05) is 0 Å². The van der Waals surface area contributed by atoms with Crippen LogP contribution in [0.1, 0.15) is 70.4 Å². The standard InChI is InChI=1S/C24H29FN10/c1-23(2)9-17(10-24(3,4)32-23)29-21-15(11-26)12-27-22(31-21)30-16-7-18(25)20(14-5-6-14)19(8-16)35-13-28-33-34-35/h7-8,12-14,17,32H,5-6,9-10H2,1-4H3,(H2,27,29,30,31). The fourth-order valence-electron chi connectivity index (χ4n) is 5.29. The number of hydrogen-bond acceptors (Lipinski definition) is 9. The van der Waals surface area contributed by atoms with E-state index in [0.29, 0.717) is 28.3 Å². The van der Waals surface area contributed by atoms with E-state index in [1.54, 1.807) is 6.07 Å². The molecule has 11 heteroatoms. The summed E-state index contributed by atoms with van der Waals surface area (Å²) < 4.78 is 16.6. The van der Waals surface area contributed by atoms with Gasteiger partial charge < -0.3 is 16.0 Å². The van der Waals surface area contributed by atoms with Gasteiger partial charge in [0, 0.05) is 28.4 Å². The van der Waals surface area contributed by atoms with Crippen molar-refractivity contribution in [3.05, 3.63) is 41.6 Å². The molecule has 1 saturated carbocycles. The number of aromatic nitrogens is 6. The van der Waals surface area contributed by atoms with E-state index in [2.05, 4.69) is 75.2 Å². The van der Waals surface area contributed by atoms with Crippen LogP contribution in [0, 0.1) is 17.1 Å². The van der Waals surface area contributed by atoms with E-state index in [1.807, 2.05) is 0 Å². The van der Waals surface area contributed by atoms with Gasteiger partial charge in [0.05, 0.1) is 11.9 Å². The fraction of sp³-hybridized carbons (Fsp3) is 0.500. The summed E-state index contributed by atoms with van der Waals surface area (Å²) in [4.78, 5) is 8.86. The summed E-state index contributed by atoms with van der Waals surface area (Å²) in [5.41, 5.74) is 1.90. The molecule has 10 nitrogen and oxygen atoms in total. The van der Waals surface area contributed by atoms with Crippen LogP contribution in [0.25, 0.3) is 5.69 Å². The van der Waals surface area contributed by atoms with Gasteiger partial charge in [0.2, 0.25) is 5.95 Å². The third-order valence-corrected chi connectivity index (χ3v) is 6.39. The van der Waals surface area contributed by atoms with E-state index in [0.717, 1.165) is 25.7 Å². The van der Waals surface area contributed by atoms with E-state index in [1.165, 1.54) is 23.3 Å². The third kappa shape index (κ3) is 5.07. The van der Waals surface area contributed by atoms with Crippen LogP contribution in [0.2, 0.25) is 0 Å². The van der Waals surface area contributed by atoms with Gasteiger partial charge in [-0.05, 0) is 81.9 Å². The maximum atomic E-state index is 15.1. The Kier molecular flexibility index (Phi) is 5.63. The Morgan fingerprint density at radius 2 is 1.91 bits per heavy atom. The van der Waals surface area contributed by atoms with Crippen molar-refractivity contribution in [1.82, 2.24) is 35.5 Å². The molecule has 1 aliphatic carbocycles. The number of nitrogens with zero attached hydrogens (tertiary/aromatic N) is 7. The highest BCUT2D eigenvalue weighted by Gasteiger charge is 2.38. The molecule has 1 saturated heterocycles. The molecule has 0 amide bonds. The van der Waals surface area contributed by atoms with E-state index < -0.39 is 0 Å². The van der Waals surface area contributed by atoms with Crippen LogP contribution in [0.5, 0.6) is 0 Å². The van der Waals surface area contributed by atoms with Gasteiger partial charge >= 0.3 is 0 Å². The number of benzene rings is 1. The smallest absolute Gasteiger partial charge is 0.229 e. The Morgan fingerprint density at radius 3 is 2.54 bits per heavy atom. The molecule has 0 bridgehead atoms. The number of piperidine rings is 1. The van der Waals surface area contributed by atoms with E-state index in [9.17, 15) is 5.26 Å². The molecular formula is C24H29FN10. The Labute approximate surface area is 203 Å². The topological polar surface area (TPSA) is 129 Å². The van der Waals surface area contributed by atoms with Crippen LogP contribution in [0.4, 0.5) is 21.8 Å². The zero-order valence-corrected chi connectivity index (χ0v) is 20.3. The van der Waals surface area contributed by atoms with Crippen molar-refractivity contribution >= 4 is 17.5 Å². The van der Waals surface area contributed by atoms with Gasteiger partial charge in [0.15, 0.2) is 0 Å². The first kappa shape index (κ1) is 23.1. The lowest BCUT2D eigenvalue weighted by Crippen LogP contribution is -2.60. The summed E-state index contributed by atoms with van der Waals surface area (Å²) in [5.74, 6) is 0.567. The van der Waals surface area contributed by atoms with Gasteiger partial charge in [-0.2, -0.15) is 10.2 Å². The van der Waals surface area contributed by atoms with Crippen molar-refractivity contribution in [2.45, 2.75) is 76.4 Å². The van der Waals surface area contributed by atoms with Crippen molar-refractivity contribution in [3.8, 4) is 11.8 Å². The van der Waals surface area contributed by atoms with Crippen LogP contribution in [-0.2, 0) is 0 Å². The van der Waals surface area contributed by atoms with Gasteiger partial charge in [-0.15, -0.1) is 5.10 Å². The summed E-state index contributed by atoms with van der Waals surface area (Å²) in [5, 5.41) is 31.2. The SMILES string of the molecule is CC1(C)CC(Nc2nc(Nc3cc(F)c(C4CC4)c(-n4cnnn4)c3)ncc2C#N)CC(C)(C)N1. The minimum atomic E-state index is -0.325. The molecule has 1 aromatic carbocycles. The fourth-order valence-corrected chi connectivity index (χ4v) is 5.29. The minimum absolute atomic E-state index is 0.0617. The summed E-state index contributed by atoms with van der Waals surface area (Å²) in [7, 11) is 0. The van der Waals surface area contributed by atoms with Crippen LogP contribution >= 0.6 is 0 Å². The van der Waals surface area contributed by atoms with Gasteiger partial charge in [0.1, 0.15) is 29.6 Å². The Balaban J connectivity index is 1.43. The second-order valence-electron chi connectivity index (χ2n) is 10.8. The van der Waals surface area contributed by atoms with Crippen molar-refractivity contribution in [2.75, 3.05) is 10.6 Å².